The first kappa shape index (κ1) is 14.3. The van der Waals surface area contributed by atoms with Crippen LogP contribution < -0.4 is 10.6 Å². The third-order valence-corrected chi connectivity index (χ3v) is 3.71. The molecule has 1 aliphatic rings. The first-order chi connectivity index (χ1) is 9.08. The van der Waals surface area contributed by atoms with E-state index in [-0.39, 0.29) is 0 Å². The Bertz CT molecular complexity index is 499. The first-order valence-electron chi connectivity index (χ1n) is 6.15. The number of amides is 2. The number of hydrogen-bond acceptors (Lipinski definition) is 3. The molecule has 0 atom stereocenters. The fourth-order valence-corrected chi connectivity index (χ4v) is 2.60. The van der Waals surface area contributed by atoms with Crippen LogP contribution in [0.15, 0.2) is 18.2 Å². The zero-order valence-corrected chi connectivity index (χ0v) is 12.9. The van der Waals surface area contributed by atoms with Gasteiger partial charge in [0.05, 0.1) is 0 Å². The molecule has 0 saturated carbocycles. The number of piperazine rings is 1. The van der Waals surface area contributed by atoms with Gasteiger partial charge >= 0.3 is 11.8 Å². The summed E-state index contributed by atoms with van der Waals surface area (Å²) >= 11 is 2.21. The van der Waals surface area contributed by atoms with Crippen LogP contribution in [0.1, 0.15) is 5.56 Å². The summed E-state index contributed by atoms with van der Waals surface area (Å²) in [5, 5.41) is 5.83. The summed E-state index contributed by atoms with van der Waals surface area (Å²) in [7, 11) is 0. The molecule has 102 valence electrons. The van der Waals surface area contributed by atoms with E-state index in [1.54, 1.807) is 4.90 Å². The second-order valence-corrected chi connectivity index (χ2v) is 5.70. The second kappa shape index (κ2) is 6.33. The summed E-state index contributed by atoms with van der Waals surface area (Å²) in [4.78, 5) is 25.5. The van der Waals surface area contributed by atoms with Crippen molar-refractivity contribution in [2.75, 3.05) is 31.5 Å². The number of nitrogens with one attached hydrogen (secondary N) is 2. The van der Waals surface area contributed by atoms with Crippen molar-refractivity contribution in [3.8, 4) is 0 Å². The van der Waals surface area contributed by atoms with Gasteiger partial charge in [-0.15, -0.1) is 0 Å². The highest BCUT2D eigenvalue weighted by atomic mass is 127. The number of carbonyl (C=O) groups excluding carboxylic acids is 2. The van der Waals surface area contributed by atoms with Crippen molar-refractivity contribution in [3.05, 3.63) is 27.3 Å². The number of aryl methyl sites for hydroxylation is 1. The van der Waals surface area contributed by atoms with Crippen molar-refractivity contribution in [2.45, 2.75) is 6.92 Å². The molecule has 2 amide bonds. The van der Waals surface area contributed by atoms with Gasteiger partial charge in [-0.3, -0.25) is 9.59 Å². The summed E-state index contributed by atoms with van der Waals surface area (Å²) in [6.07, 6.45) is 0. The molecule has 0 aromatic heterocycles. The summed E-state index contributed by atoms with van der Waals surface area (Å²) in [5.41, 5.74) is 1.64. The minimum absolute atomic E-state index is 0.459. The molecule has 1 aromatic rings. The number of benzene rings is 1. The molecule has 6 heteroatoms. The van der Waals surface area contributed by atoms with E-state index in [1.807, 2.05) is 25.1 Å². The molecule has 0 spiro atoms. The van der Waals surface area contributed by atoms with E-state index in [0.29, 0.717) is 18.8 Å². The SMILES string of the molecule is Cc1cc(I)ccc1NC(=O)C(=O)N1CCNCC1. The molecule has 0 unspecified atom stereocenters. The molecular formula is C13H16IN3O2. The maximum Gasteiger partial charge on any atom is 0.313 e. The fraction of sp³-hybridized carbons (Fsp3) is 0.385. The normalized spacial score (nSPS) is 15.2. The predicted octanol–water partition coefficient (Wildman–Crippen LogP) is 0.970. The Balaban J connectivity index is 2.01. The summed E-state index contributed by atoms with van der Waals surface area (Å²) in [6.45, 7) is 4.55. The predicted molar refractivity (Wildman–Crippen MR) is 82.0 cm³/mol. The van der Waals surface area contributed by atoms with E-state index >= 15 is 0 Å². The Labute approximate surface area is 125 Å². The molecule has 0 radical (unpaired) electrons. The van der Waals surface area contributed by atoms with E-state index < -0.39 is 11.8 Å². The Morgan fingerprint density at radius 2 is 2.00 bits per heavy atom. The smallest absolute Gasteiger partial charge is 0.313 e. The van der Waals surface area contributed by atoms with Gasteiger partial charge < -0.3 is 15.5 Å². The lowest BCUT2D eigenvalue weighted by molar-refractivity contribution is -0.143. The zero-order chi connectivity index (χ0) is 13.8. The highest BCUT2D eigenvalue weighted by Gasteiger charge is 2.23. The molecule has 1 fully saturated rings. The zero-order valence-electron chi connectivity index (χ0n) is 10.7. The van der Waals surface area contributed by atoms with Crippen LogP contribution in [0.25, 0.3) is 0 Å². The van der Waals surface area contributed by atoms with Gasteiger partial charge in [0.1, 0.15) is 0 Å². The van der Waals surface area contributed by atoms with Gasteiger partial charge in [-0.2, -0.15) is 0 Å². The lowest BCUT2D eigenvalue weighted by Gasteiger charge is -2.26. The van der Waals surface area contributed by atoms with Crippen LogP contribution in [0.3, 0.4) is 0 Å². The molecule has 2 N–H and O–H groups in total. The van der Waals surface area contributed by atoms with E-state index in [9.17, 15) is 9.59 Å². The van der Waals surface area contributed by atoms with Crippen LogP contribution in [0, 0.1) is 10.5 Å². The van der Waals surface area contributed by atoms with E-state index in [0.717, 1.165) is 22.2 Å². The van der Waals surface area contributed by atoms with E-state index in [1.165, 1.54) is 0 Å². The van der Waals surface area contributed by atoms with Crippen LogP contribution in [0.2, 0.25) is 0 Å². The molecule has 5 nitrogen and oxygen atoms in total. The molecule has 0 aliphatic carbocycles. The van der Waals surface area contributed by atoms with Crippen LogP contribution >= 0.6 is 22.6 Å². The second-order valence-electron chi connectivity index (χ2n) is 4.46. The van der Waals surface area contributed by atoms with Crippen LogP contribution in [-0.4, -0.2) is 42.9 Å². The first-order valence-corrected chi connectivity index (χ1v) is 7.23. The van der Waals surface area contributed by atoms with Crippen LogP contribution in [0.5, 0.6) is 0 Å². The summed E-state index contributed by atoms with van der Waals surface area (Å²) < 4.78 is 1.10. The van der Waals surface area contributed by atoms with E-state index in [2.05, 4.69) is 33.2 Å². The Morgan fingerprint density at radius 1 is 1.32 bits per heavy atom. The highest BCUT2D eigenvalue weighted by Crippen LogP contribution is 2.17. The van der Waals surface area contributed by atoms with Crippen molar-refractivity contribution in [1.29, 1.82) is 0 Å². The molecule has 1 saturated heterocycles. The van der Waals surface area contributed by atoms with Gasteiger partial charge in [0.15, 0.2) is 0 Å². The van der Waals surface area contributed by atoms with Crippen molar-refractivity contribution in [1.82, 2.24) is 10.2 Å². The third kappa shape index (κ3) is 3.66. The number of rotatable bonds is 1. The largest absolute Gasteiger partial charge is 0.332 e. The number of carbonyl (C=O) groups is 2. The topological polar surface area (TPSA) is 61.4 Å². The van der Waals surface area contributed by atoms with Gasteiger partial charge in [0.25, 0.3) is 0 Å². The molecule has 2 rings (SSSR count). The molecule has 1 heterocycles. The fourth-order valence-electron chi connectivity index (χ4n) is 1.95. The average molecular weight is 373 g/mol. The van der Waals surface area contributed by atoms with Crippen LogP contribution in [-0.2, 0) is 9.59 Å². The average Bonchev–Trinajstić information content (AvgIpc) is 2.42. The third-order valence-electron chi connectivity index (χ3n) is 3.04. The molecule has 1 aliphatic heterocycles. The quantitative estimate of drug-likeness (QED) is 0.570. The monoisotopic (exact) mass is 373 g/mol. The van der Waals surface area contributed by atoms with Gasteiger partial charge in [0.2, 0.25) is 0 Å². The Hall–Kier alpha value is -1.15. The number of nitrogens with zero attached hydrogens (tertiary/aromatic N) is 1. The molecule has 19 heavy (non-hydrogen) atoms. The summed E-state index contributed by atoms with van der Waals surface area (Å²) in [6, 6.07) is 5.68. The van der Waals surface area contributed by atoms with Crippen molar-refractivity contribution in [2.24, 2.45) is 0 Å². The molecular weight excluding hydrogens is 357 g/mol. The maximum absolute atomic E-state index is 12.0. The minimum Gasteiger partial charge on any atom is -0.332 e. The van der Waals surface area contributed by atoms with E-state index in [4.69, 9.17) is 0 Å². The number of halogens is 1. The Morgan fingerprint density at radius 3 is 2.63 bits per heavy atom. The number of hydrogen-bond donors (Lipinski definition) is 2. The number of anilines is 1. The lowest BCUT2D eigenvalue weighted by Crippen LogP contribution is -2.49. The van der Waals surface area contributed by atoms with Crippen LogP contribution in [0.4, 0.5) is 5.69 Å². The van der Waals surface area contributed by atoms with Gasteiger partial charge in [-0.25, -0.2) is 0 Å². The van der Waals surface area contributed by atoms with Crippen molar-refractivity contribution >= 4 is 40.1 Å². The van der Waals surface area contributed by atoms with Crippen molar-refractivity contribution in [3.63, 3.8) is 0 Å². The Kier molecular flexibility index (Phi) is 4.76. The maximum atomic E-state index is 12.0. The molecule has 0 bridgehead atoms. The van der Waals surface area contributed by atoms with Gasteiger partial charge in [-0.1, -0.05) is 0 Å². The lowest BCUT2D eigenvalue weighted by atomic mass is 10.2. The van der Waals surface area contributed by atoms with Crippen molar-refractivity contribution < 1.29 is 9.59 Å². The summed E-state index contributed by atoms with van der Waals surface area (Å²) in [5.74, 6) is -1.02. The molecule has 1 aromatic carbocycles. The van der Waals surface area contributed by atoms with Gasteiger partial charge in [-0.05, 0) is 53.3 Å². The van der Waals surface area contributed by atoms with Gasteiger partial charge in [0, 0.05) is 35.4 Å². The highest BCUT2D eigenvalue weighted by molar-refractivity contribution is 14.1. The standard InChI is InChI=1S/C13H16IN3O2/c1-9-8-10(14)2-3-11(9)16-12(18)13(19)17-6-4-15-5-7-17/h2-3,8,15H,4-7H2,1H3,(H,16,18). The minimum atomic E-state index is -0.564.